The normalized spacial score (nSPS) is 14.0. The molecule has 0 saturated carbocycles. The van der Waals surface area contributed by atoms with Crippen LogP contribution < -0.4 is 10.2 Å². The molecule has 3 aromatic rings. The smallest absolute Gasteiger partial charge is 0.265 e. The summed E-state index contributed by atoms with van der Waals surface area (Å²) in [5.74, 6) is 2.20. The molecule has 2 amide bonds. The Balaban J connectivity index is 1.44. The predicted octanol–water partition coefficient (Wildman–Crippen LogP) is 7.64. The Kier molecular flexibility index (Phi) is 10.1. The van der Waals surface area contributed by atoms with Crippen LogP contribution in [0.2, 0.25) is 0 Å². The van der Waals surface area contributed by atoms with E-state index in [0.717, 1.165) is 33.9 Å². The number of hydrogen-bond acceptors (Lipinski definition) is 4. The quantitative estimate of drug-likeness (QED) is 0.199. The fraction of sp³-hybridized carbons (Fsp3) is 0.312. The second kappa shape index (κ2) is 13.7. The number of fused-ring (bicyclic) bond motifs is 1. The van der Waals surface area contributed by atoms with E-state index in [-0.39, 0.29) is 11.8 Å². The maximum atomic E-state index is 13.7. The van der Waals surface area contributed by atoms with Crippen molar-refractivity contribution in [2.75, 3.05) is 23.0 Å². The molecule has 198 valence electrons. The molecule has 1 aliphatic heterocycles. The summed E-state index contributed by atoms with van der Waals surface area (Å²) in [6.07, 6.45) is 5.38. The Hall–Kier alpha value is -2.96. The first-order chi connectivity index (χ1) is 18.5. The van der Waals surface area contributed by atoms with Gasteiger partial charge in [-0.05, 0) is 85.2 Å². The number of thioether (sulfide) groups is 2. The number of hydrogen-bond donors (Lipinski definition) is 1. The third kappa shape index (κ3) is 7.33. The van der Waals surface area contributed by atoms with E-state index < -0.39 is 0 Å². The molecule has 0 unspecified atom stereocenters. The van der Waals surface area contributed by atoms with E-state index in [9.17, 15) is 9.59 Å². The number of nitrogens with one attached hydrogen (secondary N) is 1. The van der Waals surface area contributed by atoms with Gasteiger partial charge >= 0.3 is 0 Å². The van der Waals surface area contributed by atoms with Crippen molar-refractivity contribution in [3.05, 3.63) is 99.5 Å². The van der Waals surface area contributed by atoms with Crippen molar-refractivity contribution < 1.29 is 9.59 Å². The summed E-state index contributed by atoms with van der Waals surface area (Å²) in [7, 11) is 0. The Morgan fingerprint density at radius 3 is 2.55 bits per heavy atom. The molecule has 0 radical (unpaired) electrons. The molecular weight excluding hydrogens is 508 g/mol. The van der Waals surface area contributed by atoms with Gasteiger partial charge in [0.1, 0.15) is 0 Å². The highest BCUT2D eigenvalue weighted by Gasteiger charge is 2.29. The van der Waals surface area contributed by atoms with Gasteiger partial charge in [0.25, 0.3) is 11.8 Å². The average Bonchev–Trinajstić information content (AvgIpc) is 2.92. The molecule has 0 fully saturated rings. The highest BCUT2D eigenvalue weighted by Crippen LogP contribution is 2.42. The minimum absolute atomic E-state index is 0.00627. The summed E-state index contributed by atoms with van der Waals surface area (Å²) >= 11 is 3.45. The fourth-order valence-electron chi connectivity index (χ4n) is 4.27. The number of aryl methyl sites for hydroxylation is 2. The standard InChI is InChI=1S/C32H36N2O2S2/c1-4-5-18-37-19-8-17-33-31(35)26-15-13-25(14-16-26)21-30-32(36)34(28-9-6-7-10-29(28)38-30)22-27-20-23(2)11-12-24(27)3/h6-7,9-16,20-21H,4-5,8,17-19,22H2,1-3H3,(H,33,35). The second-order valence-corrected chi connectivity index (χ2v) is 11.9. The lowest BCUT2D eigenvalue weighted by atomic mass is 10.0. The Morgan fingerprint density at radius 1 is 1.00 bits per heavy atom. The number of anilines is 1. The van der Waals surface area contributed by atoms with Gasteiger partial charge in [-0.1, -0.05) is 73.1 Å². The molecule has 4 nitrogen and oxygen atoms in total. The van der Waals surface area contributed by atoms with E-state index >= 15 is 0 Å². The maximum Gasteiger partial charge on any atom is 0.265 e. The number of rotatable bonds is 11. The molecule has 1 aliphatic rings. The Bertz CT molecular complexity index is 1300. The third-order valence-electron chi connectivity index (χ3n) is 6.53. The molecule has 4 rings (SSSR count). The number of para-hydroxylation sites is 1. The summed E-state index contributed by atoms with van der Waals surface area (Å²) in [5.41, 5.74) is 5.98. The van der Waals surface area contributed by atoms with Crippen molar-refractivity contribution in [2.45, 2.75) is 51.5 Å². The molecule has 38 heavy (non-hydrogen) atoms. The van der Waals surface area contributed by atoms with Crippen LogP contribution in [0.3, 0.4) is 0 Å². The minimum atomic E-state index is -0.0560. The van der Waals surface area contributed by atoms with Crippen LogP contribution in [0.25, 0.3) is 6.08 Å². The molecule has 0 atom stereocenters. The van der Waals surface area contributed by atoms with Crippen molar-refractivity contribution >= 4 is 47.1 Å². The van der Waals surface area contributed by atoms with Gasteiger partial charge < -0.3 is 10.2 Å². The zero-order valence-electron chi connectivity index (χ0n) is 22.5. The zero-order valence-corrected chi connectivity index (χ0v) is 24.1. The molecule has 0 aromatic heterocycles. The molecule has 3 aromatic carbocycles. The molecular formula is C32H36N2O2S2. The van der Waals surface area contributed by atoms with Gasteiger partial charge in [0.2, 0.25) is 0 Å². The largest absolute Gasteiger partial charge is 0.352 e. The van der Waals surface area contributed by atoms with Gasteiger partial charge in [0, 0.05) is 17.0 Å². The van der Waals surface area contributed by atoms with Crippen LogP contribution in [0.1, 0.15) is 58.8 Å². The summed E-state index contributed by atoms with van der Waals surface area (Å²) < 4.78 is 0. The number of amides is 2. The third-order valence-corrected chi connectivity index (χ3v) is 8.76. The Morgan fingerprint density at radius 2 is 1.76 bits per heavy atom. The second-order valence-electron chi connectivity index (χ2n) is 9.60. The number of nitrogens with zero attached hydrogens (tertiary/aromatic N) is 1. The van der Waals surface area contributed by atoms with Gasteiger partial charge in [0.05, 0.1) is 17.1 Å². The van der Waals surface area contributed by atoms with E-state index in [1.165, 1.54) is 41.5 Å². The van der Waals surface area contributed by atoms with Crippen LogP contribution in [-0.2, 0) is 11.3 Å². The van der Waals surface area contributed by atoms with Crippen LogP contribution in [0.4, 0.5) is 5.69 Å². The SMILES string of the molecule is CCCCSCCCNC(=O)c1ccc(C=C2Sc3ccccc3N(Cc3cc(C)ccc3C)C2=O)cc1. The van der Waals surface area contributed by atoms with Gasteiger partial charge in [-0.2, -0.15) is 11.8 Å². The lowest BCUT2D eigenvalue weighted by Crippen LogP contribution is -2.34. The lowest BCUT2D eigenvalue weighted by molar-refractivity contribution is -0.114. The Labute approximate surface area is 235 Å². The van der Waals surface area contributed by atoms with E-state index in [2.05, 4.69) is 50.4 Å². The van der Waals surface area contributed by atoms with E-state index in [1.54, 1.807) is 0 Å². The number of carbonyl (C=O) groups is 2. The summed E-state index contributed by atoms with van der Waals surface area (Å²) in [6, 6.07) is 21.9. The number of benzene rings is 3. The van der Waals surface area contributed by atoms with E-state index in [4.69, 9.17) is 0 Å². The summed E-state index contributed by atoms with van der Waals surface area (Å²) in [5, 5.41) is 3.01. The minimum Gasteiger partial charge on any atom is -0.352 e. The lowest BCUT2D eigenvalue weighted by Gasteiger charge is -2.31. The van der Waals surface area contributed by atoms with E-state index in [0.29, 0.717) is 23.6 Å². The van der Waals surface area contributed by atoms with E-state index in [1.807, 2.05) is 65.2 Å². The van der Waals surface area contributed by atoms with Crippen molar-refractivity contribution in [1.82, 2.24) is 5.32 Å². The predicted molar refractivity (Wildman–Crippen MR) is 163 cm³/mol. The zero-order chi connectivity index (χ0) is 26.9. The summed E-state index contributed by atoms with van der Waals surface area (Å²) in [6.45, 7) is 7.58. The highest BCUT2D eigenvalue weighted by molar-refractivity contribution is 8.04. The molecule has 0 spiro atoms. The van der Waals surface area contributed by atoms with Crippen LogP contribution in [0.15, 0.2) is 76.5 Å². The van der Waals surface area contributed by atoms with Crippen molar-refractivity contribution in [3.8, 4) is 0 Å². The topological polar surface area (TPSA) is 49.4 Å². The highest BCUT2D eigenvalue weighted by atomic mass is 32.2. The molecule has 1 N–H and O–H groups in total. The number of carbonyl (C=O) groups excluding carboxylic acids is 2. The van der Waals surface area contributed by atoms with Crippen LogP contribution in [0.5, 0.6) is 0 Å². The van der Waals surface area contributed by atoms with Crippen LogP contribution >= 0.6 is 23.5 Å². The monoisotopic (exact) mass is 544 g/mol. The van der Waals surface area contributed by atoms with Crippen molar-refractivity contribution in [2.24, 2.45) is 0 Å². The first-order valence-electron chi connectivity index (χ1n) is 13.3. The molecule has 6 heteroatoms. The van der Waals surface area contributed by atoms with Crippen molar-refractivity contribution in [1.29, 1.82) is 0 Å². The van der Waals surface area contributed by atoms with Gasteiger partial charge in [0.15, 0.2) is 0 Å². The summed E-state index contributed by atoms with van der Waals surface area (Å²) in [4.78, 5) is 29.8. The van der Waals surface area contributed by atoms with Gasteiger partial charge in [-0.15, -0.1) is 0 Å². The molecule has 0 aliphatic carbocycles. The van der Waals surface area contributed by atoms with Gasteiger partial charge in [-0.25, -0.2) is 0 Å². The maximum absolute atomic E-state index is 13.7. The first-order valence-corrected chi connectivity index (χ1v) is 15.3. The van der Waals surface area contributed by atoms with Crippen molar-refractivity contribution in [3.63, 3.8) is 0 Å². The molecule has 0 saturated heterocycles. The first kappa shape index (κ1) is 28.1. The fourth-order valence-corrected chi connectivity index (χ4v) is 6.37. The van der Waals surface area contributed by atoms with Crippen LogP contribution in [0, 0.1) is 13.8 Å². The molecule has 1 heterocycles. The van der Waals surface area contributed by atoms with Gasteiger partial charge in [-0.3, -0.25) is 9.59 Å². The molecule has 0 bridgehead atoms. The van der Waals surface area contributed by atoms with Crippen LogP contribution in [-0.4, -0.2) is 29.9 Å². The number of unbranched alkanes of at least 4 members (excludes halogenated alkanes) is 1. The average molecular weight is 545 g/mol.